The lowest BCUT2D eigenvalue weighted by Crippen LogP contribution is -2.25. The normalized spacial score (nSPS) is 17.9. The summed E-state index contributed by atoms with van der Waals surface area (Å²) in [6.07, 6.45) is 3.46. The van der Waals surface area contributed by atoms with Gasteiger partial charge in [-0.05, 0) is 62.6 Å². The monoisotopic (exact) mass is 361 g/mol. The molecule has 5 nitrogen and oxygen atoms in total. The highest BCUT2D eigenvalue weighted by Crippen LogP contribution is 2.21. The van der Waals surface area contributed by atoms with E-state index in [0.29, 0.717) is 18.0 Å². The molecule has 0 aromatic heterocycles. The van der Waals surface area contributed by atoms with Gasteiger partial charge in [-0.2, -0.15) is 0 Å². The summed E-state index contributed by atoms with van der Waals surface area (Å²) in [7, 11) is -3.58. The Balaban J connectivity index is 1.59. The predicted molar refractivity (Wildman–Crippen MR) is 97.5 cm³/mol. The van der Waals surface area contributed by atoms with Crippen LogP contribution in [0.3, 0.4) is 0 Å². The molecule has 0 bridgehead atoms. The second kappa shape index (κ2) is 7.89. The summed E-state index contributed by atoms with van der Waals surface area (Å²) in [6, 6.07) is 13.7. The van der Waals surface area contributed by atoms with Crippen molar-refractivity contribution >= 4 is 15.7 Å². The third-order valence-corrected chi connectivity index (χ3v) is 5.54. The maximum absolute atomic E-state index is 12.4. The minimum absolute atomic E-state index is 0.147. The van der Waals surface area contributed by atoms with Crippen LogP contribution in [-0.2, 0) is 14.8 Å². The lowest BCUT2D eigenvalue weighted by atomic mass is 10.1. The maximum atomic E-state index is 12.4. The van der Waals surface area contributed by atoms with Crippen molar-refractivity contribution in [3.63, 3.8) is 0 Å². The van der Waals surface area contributed by atoms with Gasteiger partial charge >= 0.3 is 0 Å². The van der Waals surface area contributed by atoms with Crippen LogP contribution in [0.1, 0.15) is 24.8 Å². The summed E-state index contributed by atoms with van der Waals surface area (Å²) in [6.45, 7) is 3.24. The third-order valence-electron chi connectivity index (χ3n) is 4.15. The number of aryl methyl sites for hydroxylation is 1. The Kier molecular flexibility index (Phi) is 5.60. The van der Waals surface area contributed by atoms with Gasteiger partial charge < -0.3 is 9.47 Å². The second-order valence-electron chi connectivity index (χ2n) is 6.24. The molecule has 2 aromatic carbocycles. The molecular formula is C19H23NO4S. The molecule has 25 heavy (non-hydrogen) atoms. The van der Waals surface area contributed by atoms with Crippen LogP contribution < -0.4 is 9.46 Å². The van der Waals surface area contributed by atoms with Crippen LogP contribution in [0.5, 0.6) is 5.75 Å². The minimum Gasteiger partial charge on any atom is -0.491 e. The summed E-state index contributed by atoms with van der Waals surface area (Å²) >= 11 is 0. The summed E-state index contributed by atoms with van der Waals surface area (Å²) < 4.78 is 38.7. The smallest absolute Gasteiger partial charge is 0.261 e. The third kappa shape index (κ3) is 4.96. The number of anilines is 1. The molecule has 0 spiro atoms. The van der Waals surface area contributed by atoms with Gasteiger partial charge in [0.05, 0.1) is 11.0 Å². The molecule has 1 atom stereocenters. The largest absolute Gasteiger partial charge is 0.491 e. The molecule has 134 valence electrons. The molecule has 2 aromatic rings. The highest BCUT2D eigenvalue weighted by molar-refractivity contribution is 7.92. The van der Waals surface area contributed by atoms with E-state index in [1.165, 1.54) is 6.42 Å². The molecule has 1 heterocycles. The van der Waals surface area contributed by atoms with Crippen LogP contribution >= 0.6 is 0 Å². The summed E-state index contributed by atoms with van der Waals surface area (Å²) in [4.78, 5) is 0.243. The molecular weight excluding hydrogens is 338 g/mol. The molecule has 6 heteroatoms. The van der Waals surface area contributed by atoms with Gasteiger partial charge in [0, 0.05) is 12.3 Å². The van der Waals surface area contributed by atoms with Gasteiger partial charge in [-0.1, -0.05) is 17.7 Å². The molecule has 1 fully saturated rings. The van der Waals surface area contributed by atoms with Gasteiger partial charge in [0.2, 0.25) is 0 Å². The SMILES string of the molecule is Cc1ccc(S(=O)(=O)Nc2ccc(OCC3CCCCO3)cc2)cc1. The predicted octanol–water partition coefficient (Wildman–Crippen LogP) is 3.74. The first kappa shape index (κ1) is 17.8. The summed E-state index contributed by atoms with van der Waals surface area (Å²) in [5, 5.41) is 0. The van der Waals surface area contributed by atoms with Gasteiger partial charge in [-0.15, -0.1) is 0 Å². The van der Waals surface area contributed by atoms with Crippen molar-refractivity contribution in [2.24, 2.45) is 0 Å². The van der Waals surface area contributed by atoms with Crippen molar-refractivity contribution in [3.05, 3.63) is 54.1 Å². The Morgan fingerprint density at radius 3 is 2.44 bits per heavy atom. The van der Waals surface area contributed by atoms with E-state index in [-0.39, 0.29) is 11.0 Å². The molecule has 3 rings (SSSR count). The van der Waals surface area contributed by atoms with Crippen LogP contribution in [-0.4, -0.2) is 27.7 Å². The number of hydrogen-bond donors (Lipinski definition) is 1. The van der Waals surface area contributed by atoms with Crippen LogP contribution in [0.15, 0.2) is 53.4 Å². The van der Waals surface area contributed by atoms with Crippen molar-refractivity contribution in [2.45, 2.75) is 37.2 Å². The van der Waals surface area contributed by atoms with Crippen molar-refractivity contribution in [3.8, 4) is 5.75 Å². The highest BCUT2D eigenvalue weighted by Gasteiger charge is 2.15. The highest BCUT2D eigenvalue weighted by atomic mass is 32.2. The number of sulfonamides is 1. The Morgan fingerprint density at radius 1 is 1.08 bits per heavy atom. The van der Waals surface area contributed by atoms with Gasteiger partial charge in [-0.3, -0.25) is 4.72 Å². The van der Waals surface area contributed by atoms with E-state index in [4.69, 9.17) is 9.47 Å². The number of nitrogens with one attached hydrogen (secondary N) is 1. The van der Waals surface area contributed by atoms with E-state index in [0.717, 1.165) is 25.0 Å². The first-order valence-corrected chi connectivity index (χ1v) is 9.95. The molecule has 1 aliphatic heterocycles. The molecule has 0 saturated carbocycles. The molecule has 1 N–H and O–H groups in total. The Morgan fingerprint density at radius 2 is 1.80 bits per heavy atom. The topological polar surface area (TPSA) is 64.6 Å². The first-order chi connectivity index (χ1) is 12.0. The number of benzene rings is 2. The zero-order valence-electron chi connectivity index (χ0n) is 14.3. The van der Waals surface area contributed by atoms with Crippen LogP contribution in [0.25, 0.3) is 0 Å². The molecule has 1 saturated heterocycles. The molecule has 0 aliphatic carbocycles. The maximum Gasteiger partial charge on any atom is 0.261 e. The minimum atomic E-state index is -3.58. The zero-order chi connectivity index (χ0) is 17.7. The zero-order valence-corrected chi connectivity index (χ0v) is 15.1. The Bertz CT molecular complexity index is 779. The fourth-order valence-electron chi connectivity index (χ4n) is 2.68. The van der Waals surface area contributed by atoms with Crippen molar-refractivity contribution in [1.29, 1.82) is 0 Å². The molecule has 1 unspecified atom stereocenters. The van der Waals surface area contributed by atoms with Crippen LogP contribution in [0.2, 0.25) is 0 Å². The van der Waals surface area contributed by atoms with E-state index in [2.05, 4.69) is 4.72 Å². The quantitative estimate of drug-likeness (QED) is 0.851. The molecule has 0 amide bonds. The first-order valence-electron chi connectivity index (χ1n) is 8.47. The van der Waals surface area contributed by atoms with E-state index < -0.39 is 10.0 Å². The molecule has 1 aliphatic rings. The average molecular weight is 361 g/mol. The van der Waals surface area contributed by atoms with E-state index in [1.807, 2.05) is 6.92 Å². The van der Waals surface area contributed by atoms with Gasteiger partial charge in [0.25, 0.3) is 10.0 Å². The van der Waals surface area contributed by atoms with E-state index in [1.54, 1.807) is 48.5 Å². The van der Waals surface area contributed by atoms with Crippen LogP contribution in [0.4, 0.5) is 5.69 Å². The number of rotatable bonds is 6. The van der Waals surface area contributed by atoms with E-state index in [9.17, 15) is 8.42 Å². The fraction of sp³-hybridized carbons (Fsp3) is 0.368. The second-order valence-corrected chi connectivity index (χ2v) is 7.92. The summed E-state index contributed by atoms with van der Waals surface area (Å²) in [5.41, 5.74) is 1.52. The van der Waals surface area contributed by atoms with Crippen molar-refractivity contribution < 1.29 is 17.9 Å². The fourth-order valence-corrected chi connectivity index (χ4v) is 3.74. The number of ether oxygens (including phenoxy) is 2. The Labute approximate surface area is 149 Å². The lowest BCUT2D eigenvalue weighted by Gasteiger charge is -2.22. The van der Waals surface area contributed by atoms with Crippen LogP contribution in [0, 0.1) is 6.92 Å². The lowest BCUT2D eigenvalue weighted by molar-refractivity contribution is -0.0110. The summed E-state index contributed by atoms with van der Waals surface area (Å²) in [5.74, 6) is 0.701. The average Bonchev–Trinajstić information content (AvgIpc) is 2.62. The molecule has 0 radical (unpaired) electrons. The van der Waals surface area contributed by atoms with Crippen molar-refractivity contribution in [2.75, 3.05) is 17.9 Å². The standard InChI is InChI=1S/C19H23NO4S/c1-15-5-11-19(12-6-15)25(21,22)20-16-7-9-17(10-8-16)24-14-18-4-2-3-13-23-18/h5-12,18,20H,2-4,13-14H2,1H3. The van der Waals surface area contributed by atoms with Gasteiger partial charge in [0.15, 0.2) is 0 Å². The Hall–Kier alpha value is -2.05. The van der Waals surface area contributed by atoms with E-state index >= 15 is 0 Å². The van der Waals surface area contributed by atoms with Crippen molar-refractivity contribution in [1.82, 2.24) is 0 Å². The number of hydrogen-bond acceptors (Lipinski definition) is 4. The van der Waals surface area contributed by atoms with Gasteiger partial charge in [-0.25, -0.2) is 8.42 Å². The van der Waals surface area contributed by atoms with Gasteiger partial charge in [0.1, 0.15) is 12.4 Å².